The normalized spacial score (nSPS) is 16.7. The molecule has 5 aromatic rings. The molecule has 4 aromatic carbocycles. The van der Waals surface area contributed by atoms with Crippen molar-refractivity contribution < 1.29 is 13.5 Å². The maximum Gasteiger partial charge on any atom is 0.243 e. The van der Waals surface area contributed by atoms with Gasteiger partial charge in [-0.3, -0.25) is 0 Å². The second kappa shape index (κ2) is 11.3. The Hall–Kier alpha value is -3.36. The number of imidazole rings is 1. The molecule has 9 heteroatoms. The summed E-state index contributed by atoms with van der Waals surface area (Å²) in [5.41, 5.74) is 5.45. The Morgan fingerprint density at radius 3 is 1.95 bits per heavy atom. The molecule has 0 bridgehead atoms. The second-order valence-corrected chi connectivity index (χ2v) is 14.3. The van der Waals surface area contributed by atoms with Crippen LogP contribution < -0.4 is 0 Å². The highest BCUT2D eigenvalue weighted by Crippen LogP contribution is 2.44. The van der Waals surface area contributed by atoms with Gasteiger partial charge in [0.15, 0.2) is 0 Å². The average Bonchev–Trinajstić information content (AvgIpc) is 3.79. The minimum atomic E-state index is -3.69. The number of hydrogen-bond acceptors (Lipinski definition) is 4. The summed E-state index contributed by atoms with van der Waals surface area (Å²) in [4.78, 5) is 5.24. The molecule has 0 atom stereocenters. The first-order valence-corrected chi connectivity index (χ1v) is 16.8. The van der Waals surface area contributed by atoms with Crippen LogP contribution in [0.1, 0.15) is 66.1 Å². The Labute approximate surface area is 261 Å². The summed E-state index contributed by atoms with van der Waals surface area (Å²) >= 11 is 12.5. The van der Waals surface area contributed by atoms with Crippen molar-refractivity contribution >= 4 is 44.3 Å². The highest BCUT2D eigenvalue weighted by molar-refractivity contribution is 7.89. The minimum absolute atomic E-state index is 0.0269. The molecule has 2 aliphatic rings. The van der Waals surface area contributed by atoms with Crippen LogP contribution in [0, 0.1) is 0 Å². The van der Waals surface area contributed by atoms with E-state index in [1.165, 1.54) is 22.5 Å². The van der Waals surface area contributed by atoms with E-state index in [1.807, 2.05) is 24.3 Å². The molecule has 2 heterocycles. The highest BCUT2D eigenvalue weighted by atomic mass is 35.5. The van der Waals surface area contributed by atoms with Crippen LogP contribution in [-0.2, 0) is 10.0 Å². The Morgan fingerprint density at radius 2 is 1.37 bits per heavy atom. The first kappa shape index (κ1) is 28.4. The topological polar surface area (TPSA) is 75.4 Å². The first-order valence-electron chi connectivity index (χ1n) is 14.6. The van der Waals surface area contributed by atoms with E-state index in [1.54, 1.807) is 6.07 Å². The molecule has 1 aliphatic carbocycles. The second-order valence-electron chi connectivity index (χ2n) is 11.5. The molecule has 43 heavy (non-hydrogen) atoms. The predicted octanol–water partition coefficient (Wildman–Crippen LogP) is 8.13. The van der Waals surface area contributed by atoms with E-state index < -0.39 is 10.0 Å². The van der Waals surface area contributed by atoms with Gasteiger partial charge in [0, 0.05) is 41.0 Å². The van der Waals surface area contributed by atoms with Gasteiger partial charge in [-0.1, -0.05) is 59.6 Å². The minimum Gasteiger partial charge on any atom is -0.508 e. The lowest BCUT2D eigenvalue weighted by Crippen LogP contribution is -2.39. The zero-order valence-corrected chi connectivity index (χ0v) is 25.7. The van der Waals surface area contributed by atoms with Crippen LogP contribution >= 0.6 is 23.2 Å². The zero-order chi connectivity index (χ0) is 29.7. The molecule has 1 saturated carbocycles. The molecule has 6 nitrogen and oxygen atoms in total. The van der Waals surface area contributed by atoms with E-state index in [-0.39, 0.29) is 22.6 Å². The van der Waals surface area contributed by atoms with Crippen LogP contribution in [0.3, 0.4) is 0 Å². The Kier molecular flexibility index (Phi) is 7.46. The van der Waals surface area contributed by atoms with Crippen molar-refractivity contribution in [2.75, 3.05) is 13.1 Å². The largest absolute Gasteiger partial charge is 0.508 e. The third kappa shape index (κ3) is 5.55. The van der Waals surface area contributed by atoms with E-state index >= 15 is 0 Å². The number of sulfonamides is 1. The number of fused-ring (bicyclic) bond motifs is 1. The fourth-order valence-corrected chi connectivity index (χ4v) is 8.10. The number of phenolic OH excluding ortho intramolecular Hbond substituents is 1. The Balaban J connectivity index is 1.25. The summed E-state index contributed by atoms with van der Waals surface area (Å²) in [5, 5.41) is 11.2. The first-order chi connectivity index (χ1) is 20.8. The number of nitrogens with zero attached hydrogens (tertiary/aromatic N) is 3. The smallest absolute Gasteiger partial charge is 0.243 e. The maximum absolute atomic E-state index is 13.3. The van der Waals surface area contributed by atoms with Crippen LogP contribution in [0.4, 0.5) is 0 Å². The van der Waals surface area contributed by atoms with Crippen molar-refractivity contribution in [3.63, 3.8) is 0 Å². The molecule has 7 rings (SSSR count). The molecule has 1 aromatic heterocycles. The average molecular weight is 633 g/mol. The molecular formula is C34H31Cl2N3O3S. The summed E-state index contributed by atoms with van der Waals surface area (Å²) in [5.74, 6) is 1.46. The highest BCUT2D eigenvalue weighted by Gasteiger charge is 2.35. The fourth-order valence-electron chi connectivity index (χ4n) is 6.34. The van der Waals surface area contributed by atoms with Gasteiger partial charge in [-0.15, -0.1) is 0 Å². The molecule has 1 aliphatic heterocycles. The van der Waals surface area contributed by atoms with Gasteiger partial charge in [-0.05, 0) is 97.0 Å². The van der Waals surface area contributed by atoms with E-state index in [4.69, 9.17) is 28.2 Å². The molecule has 0 unspecified atom stereocenters. The monoisotopic (exact) mass is 631 g/mol. The number of aromatic nitrogens is 2. The van der Waals surface area contributed by atoms with Crippen molar-refractivity contribution in [2.24, 2.45) is 0 Å². The molecule has 0 amide bonds. The number of aromatic hydroxyl groups is 1. The number of rotatable bonds is 7. The van der Waals surface area contributed by atoms with Gasteiger partial charge in [-0.2, -0.15) is 4.31 Å². The number of benzene rings is 4. The van der Waals surface area contributed by atoms with Crippen molar-refractivity contribution in [2.45, 2.75) is 48.5 Å². The van der Waals surface area contributed by atoms with Gasteiger partial charge in [0.25, 0.3) is 0 Å². The van der Waals surface area contributed by atoms with Crippen molar-refractivity contribution in [1.82, 2.24) is 13.9 Å². The van der Waals surface area contributed by atoms with E-state index in [0.717, 1.165) is 46.4 Å². The van der Waals surface area contributed by atoms with Gasteiger partial charge < -0.3 is 9.67 Å². The summed E-state index contributed by atoms with van der Waals surface area (Å²) in [6, 6.07) is 28.5. The van der Waals surface area contributed by atoms with E-state index in [2.05, 4.69) is 47.0 Å². The lowest BCUT2D eigenvalue weighted by atomic mass is 9.85. The van der Waals surface area contributed by atoms with Crippen molar-refractivity contribution in [3.05, 3.63) is 124 Å². The van der Waals surface area contributed by atoms with Gasteiger partial charge in [-0.25, -0.2) is 13.4 Å². The van der Waals surface area contributed by atoms with Crippen LogP contribution in [-0.4, -0.2) is 40.5 Å². The Bertz CT molecular complexity index is 1850. The predicted molar refractivity (Wildman–Crippen MR) is 171 cm³/mol. The molecule has 1 saturated heterocycles. The quantitative estimate of drug-likeness (QED) is 0.184. The summed E-state index contributed by atoms with van der Waals surface area (Å²) in [6.07, 6.45) is 3.62. The number of piperidine rings is 1. The van der Waals surface area contributed by atoms with Crippen molar-refractivity contribution in [1.29, 1.82) is 0 Å². The molecule has 0 radical (unpaired) electrons. The Morgan fingerprint density at radius 1 is 0.767 bits per heavy atom. The number of hydrogen-bond donors (Lipinski definition) is 1. The van der Waals surface area contributed by atoms with Crippen molar-refractivity contribution in [3.8, 4) is 5.75 Å². The van der Waals surface area contributed by atoms with E-state index in [0.29, 0.717) is 41.9 Å². The van der Waals surface area contributed by atoms with Gasteiger partial charge in [0.1, 0.15) is 11.6 Å². The zero-order valence-electron chi connectivity index (χ0n) is 23.4. The van der Waals surface area contributed by atoms with Gasteiger partial charge in [0.2, 0.25) is 10.0 Å². The maximum atomic E-state index is 13.3. The lowest BCUT2D eigenvalue weighted by molar-refractivity contribution is 0.274. The van der Waals surface area contributed by atoms with Crippen LogP contribution in [0.2, 0.25) is 10.0 Å². The summed E-state index contributed by atoms with van der Waals surface area (Å²) in [7, 11) is -3.69. The van der Waals surface area contributed by atoms with Crippen LogP contribution in [0.25, 0.3) is 11.0 Å². The van der Waals surface area contributed by atoms with Gasteiger partial charge in [0.05, 0.1) is 15.9 Å². The lowest BCUT2D eigenvalue weighted by Gasteiger charge is -2.33. The third-order valence-corrected chi connectivity index (χ3v) is 11.1. The van der Waals surface area contributed by atoms with E-state index in [9.17, 15) is 13.5 Å². The van der Waals surface area contributed by atoms with Crippen LogP contribution in [0.5, 0.6) is 5.75 Å². The summed E-state index contributed by atoms with van der Waals surface area (Å²) in [6.45, 7) is 0.814. The SMILES string of the molecule is O=S(=O)(c1cccc(O)c1)N1CCC(n2c(C3CC3)nc3ccc(C(c4ccc(Cl)cc4)c4ccc(Cl)cc4)cc32)CC1. The fraction of sp³-hybridized carbons (Fsp3) is 0.265. The molecule has 0 spiro atoms. The third-order valence-electron chi connectivity index (χ3n) is 8.67. The molecule has 2 fully saturated rings. The summed E-state index contributed by atoms with van der Waals surface area (Å²) < 4.78 is 30.6. The van der Waals surface area contributed by atoms with Gasteiger partial charge >= 0.3 is 0 Å². The standard InChI is InChI=1S/C34H31Cl2N3O3S/c35-26-11-6-22(7-12-26)33(23-8-13-27(36)14-9-23)25-10-15-31-32(20-25)39(34(37-31)24-4-5-24)28-16-18-38(19-17-28)43(41,42)30-3-1-2-29(40)21-30/h1-3,6-15,20-21,24,28,33,40H,4-5,16-19H2. The number of phenols is 1. The molecular weight excluding hydrogens is 601 g/mol. The van der Waals surface area contributed by atoms with Crippen LogP contribution in [0.15, 0.2) is 95.9 Å². The molecule has 220 valence electrons. The molecule has 1 N–H and O–H groups in total. The number of halogens is 2.